The van der Waals surface area contributed by atoms with E-state index >= 15 is 0 Å². The summed E-state index contributed by atoms with van der Waals surface area (Å²) >= 11 is 0. The van der Waals surface area contributed by atoms with Crippen molar-refractivity contribution >= 4 is 22.8 Å². The predicted octanol–water partition coefficient (Wildman–Crippen LogP) is 4.23. The Bertz CT molecular complexity index is 872. The molecule has 3 rings (SSSR count). The van der Waals surface area contributed by atoms with Gasteiger partial charge in [-0.05, 0) is 23.1 Å². The van der Waals surface area contributed by atoms with Crippen LogP contribution in [-0.2, 0) is 11.4 Å². The van der Waals surface area contributed by atoms with Crippen LogP contribution in [0.25, 0.3) is 10.8 Å². The Balaban J connectivity index is 1.75. The van der Waals surface area contributed by atoms with Gasteiger partial charge in [0.25, 0.3) is 0 Å². The van der Waals surface area contributed by atoms with Gasteiger partial charge in [-0.25, -0.2) is 0 Å². The summed E-state index contributed by atoms with van der Waals surface area (Å²) < 4.78 is 5.34. The van der Waals surface area contributed by atoms with Gasteiger partial charge in [0.05, 0.1) is 7.11 Å². The van der Waals surface area contributed by atoms with Gasteiger partial charge in [0.15, 0.2) is 0 Å². The van der Waals surface area contributed by atoms with Crippen molar-refractivity contribution in [3.63, 3.8) is 0 Å². The lowest BCUT2D eigenvalue weighted by Crippen LogP contribution is -2.02. The Morgan fingerprint density at radius 3 is 2.42 bits per heavy atom. The van der Waals surface area contributed by atoms with Crippen LogP contribution in [0.1, 0.15) is 15.9 Å². The third-order valence-electron chi connectivity index (χ3n) is 3.69. The highest BCUT2D eigenvalue weighted by Gasteiger charge is 2.11. The molecular formula is C20H17NO3. The normalized spacial score (nSPS) is 10.9. The number of methoxy groups -OCH3 is 1. The van der Waals surface area contributed by atoms with Crippen molar-refractivity contribution in [3.8, 4) is 5.75 Å². The smallest absolute Gasteiger partial charge is 0.207 e. The zero-order valence-electron chi connectivity index (χ0n) is 13.3. The highest BCUT2D eigenvalue weighted by Crippen LogP contribution is 2.28. The molecule has 0 N–H and O–H groups in total. The molecule has 0 saturated heterocycles. The second-order valence-electron chi connectivity index (χ2n) is 5.22. The first-order chi connectivity index (χ1) is 11.8. The van der Waals surface area contributed by atoms with E-state index in [2.05, 4.69) is 5.16 Å². The van der Waals surface area contributed by atoms with E-state index in [1.54, 1.807) is 19.2 Å². The predicted molar refractivity (Wildman–Crippen MR) is 94.6 cm³/mol. The number of rotatable bonds is 6. The number of ketones is 1. The van der Waals surface area contributed by atoms with Gasteiger partial charge in [0.1, 0.15) is 18.6 Å². The molecule has 0 aliphatic heterocycles. The van der Waals surface area contributed by atoms with E-state index in [4.69, 9.17) is 9.57 Å². The molecule has 0 radical (unpaired) electrons. The second kappa shape index (κ2) is 7.42. The molecule has 0 aromatic heterocycles. The van der Waals surface area contributed by atoms with Crippen molar-refractivity contribution in [2.24, 2.45) is 5.16 Å². The third kappa shape index (κ3) is 3.43. The van der Waals surface area contributed by atoms with Gasteiger partial charge in [0.2, 0.25) is 5.78 Å². The maximum absolute atomic E-state index is 12.4. The monoisotopic (exact) mass is 319 g/mol. The van der Waals surface area contributed by atoms with Crippen molar-refractivity contribution in [2.75, 3.05) is 7.11 Å². The summed E-state index contributed by atoms with van der Waals surface area (Å²) in [5.74, 6) is 0.529. The van der Waals surface area contributed by atoms with E-state index in [1.807, 2.05) is 54.6 Å². The van der Waals surface area contributed by atoms with Gasteiger partial charge in [-0.1, -0.05) is 59.8 Å². The molecule has 0 amide bonds. The maximum atomic E-state index is 12.4. The van der Waals surface area contributed by atoms with Crippen LogP contribution in [0.4, 0.5) is 0 Å². The molecular weight excluding hydrogens is 302 g/mol. The molecule has 24 heavy (non-hydrogen) atoms. The minimum Gasteiger partial charge on any atom is -0.496 e. The minimum atomic E-state index is -0.207. The number of nitrogens with zero attached hydrogens (tertiary/aromatic N) is 1. The number of oxime groups is 1. The largest absolute Gasteiger partial charge is 0.496 e. The number of benzene rings is 3. The van der Waals surface area contributed by atoms with Gasteiger partial charge in [-0.15, -0.1) is 0 Å². The van der Waals surface area contributed by atoms with Gasteiger partial charge < -0.3 is 9.57 Å². The molecule has 4 heteroatoms. The minimum absolute atomic E-state index is 0.207. The summed E-state index contributed by atoms with van der Waals surface area (Å²) in [5.41, 5.74) is 1.57. The molecule has 0 spiro atoms. The number of fused-ring (bicyclic) bond motifs is 1. The molecule has 3 aromatic carbocycles. The Labute approximate surface area is 140 Å². The van der Waals surface area contributed by atoms with Gasteiger partial charge >= 0.3 is 0 Å². The van der Waals surface area contributed by atoms with E-state index in [0.29, 0.717) is 12.2 Å². The molecule has 0 unspecified atom stereocenters. The van der Waals surface area contributed by atoms with Crippen LogP contribution < -0.4 is 4.74 Å². The summed E-state index contributed by atoms with van der Waals surface area (Å²) in [7, 11) is 1.61. The molecule has 0 fully saturated rings. The summed E-state index contributed by atoms with van der Waals surface area (Å²) in [4.78, 5) is 17.6. The third-order valence-corrected chi connectivity index (χ3v) is 3.69. The fraction of sp³-hybridized carbons (Fsp3) is 0.100. The summed E-state index contributed by atoms with van der Waals surface area (Å²) in [5, 5.41) is 5.51. The summed E-state index contributed by atoms with van der Waals surface area (Å²) in [6.45, 7) is 0.327. The quantitative estimate of drug-likeness (QED) is 0.388. The molecule has 0 heterocycles. The summed E-state index contributed by atoms with van der Waals surface area (Å²) in [6, 6.07) is 20.8. The van der Waals surface area contributed by atoms with Crippen LogP contribution in [-0.4, -0.2) is 19.1 Å². The standard InChI is InChI=1S/C20H17NO3/c1-23-20-12-11-17(16-9-5-6-10-18(16)20)19(22)13-21-24-14-15-7-3-2-4-8-15/h2-13H,14H2,1H3. The van der Waals surface area contributed by atoms with Gasteiger partial charge in [-0.2, -0.15) is 0 Å². The highest BCUT2D eigenvalue weighted by atomic mass is 16.6. The second-order valence-corrected chi connectivity index (χ2v) is 5.22. The average Bonchev–Trinajstić information content (AvgIpc) is 2.65. The average molecular weight is 319 g/mol. The van der Waals surface area contributed by atoms with Gasteiger partial charge in [0, 0.05) is 10.9 Å². The maximum Gasteiger partial charge on any atom is 0.207 e. The molecule has 0 aliphatic carbocycles. The first-order valence-electron chi connectivity index (χ1n) is 7.59. The zero-order chi connectivity index (χ0) is 16.8. The van der Waals surface area contributed by atoms with Crippen molar-refractivity contribution in [1.29, 1.82) is 0 Å². The lowest BCUT2D eigenvalue weighted by molar-refractivity contribution is 0.104. The highest BCUT2D eigenvalue weighted by molar-refractivity contribution is 6.38. The Morgan fingerprint density at radius 2 is 1.67 bits per heavy atom. The molecule has 0 atom stereocenters. The molecule has 120 valence electrons. The summed E-state index contributed by atoms with van der Waals surface area (Å²) in [6.07, 6.45) is 1.21. The van der Waals surface area contributed by atoms with Crippen molar-refractivity contribution < 1.29 is 14.4 Å². The number of hydrogen-bond donors (Lipinski definition) is 0. The number of carbonyl (C=O) groups excluding carboxylic acids is 1. The molecule has 0 saturated carbocycles. The van der Waals surface area contributed by atoms with Crippen molar-refractivity contribution in [1.82, 2.24) is 0 Å². The topological polar surface area (TPSA) is 47.9 Å². The Hall–Kier alpha value is -3.14. The first-order valence-corrected chi connectivity index (χ1v) is 7.59. The lowest BCUT2D eigenvalue weighted by atomic mass is 10.0. The number of ether oxygens (including phenoxy) is 1. The van der Waals surface area contributed by atoms with Crippen LogP contribution in [0.15, 0.2) is 71.9 Å². The van der Waals surface area contributed by atoms with E-state index in [9.17, 15) is 4.79 Å². The fourth-order valence-electron chi connectivity index (χ4n) is 2.51. The van der Waals surface area contributed by atoms with Crippen molar-refractivity contribution in [3.05, 3.63) is 77.9 Å². The van der Waals surface area contributed by atoms with Crippen LogP contribution in [0, 0.1) is 0 Å². The zero-order valence-corrected chi connectivity index (χ0v) is 13.3. The Kier molecular flexibility index (Phi) is 4.87. The van der Waals surface area contributed by atoms with E-state index in [0.717, 1.165) is 22.1 Å². The first kappa shape index (κ1) is 15.7. The SMILES string of the molecule is COc1ccc(C(=O)C=NOCc2ccccc2)c2ccccc12. The lowest BCUT2D eigenvalue weighted by Gasteiger charge is -2.08. The van der Waals surface area contributed by atoms with Gasteiger partial charge in [-0.3, -0.25) is 4.79 Å². The number of Topliss-reactive ketones (excluding diaryl/α,β-unsaturated/α-hetero) is 1. The van der Waals surface area contributed by atoms with E-state index in [1.165, 1.54) is 6.21 Å². The van der Waals surface area contributed by atoms with Crippen LogP contribution in [0.5, 0.6) is 5.75 Å². The molecule has 3 aromatic rings. The van der Waals surface area contributed by atoms with E-state index in [-0.39, 0.29) is 5.78 Å². The number of carbonyl (C=O) groups is 1. The van der Waals surface area contributed by atoms with Crippen LogP contribution in [0.3, 0.4) is 0 Å². The molecule has 0 bridgehead atoms. The van der Waals surface area contributed by atoms with Crippen molar-refractivity contribution in [2.45, 2.75) is 6.61 Å². The fourth-order valence-corrected chi connectivity index (χ4v) is 2.51. The molecule has 4 nitrogen and oxygen atoms in total. The molecule has 0 aliphatic rings. The van der Waals surface area contributed by atoms with Crippen LogP contribution in [0.2, 0.25) is 0 Å². The van der Waals surface area contributed by atoms with Crippen LogP contribution >= 0.6 is 0 Å². The number of hydrogen-bond acceptors (Lipinski definition) is 4. The van der Waals surface area contributed by atoms with E-state index < -0.39 is 0 Å². The Morgan fingerprint density at radius 1 is 0.958 bits per heavy atom.